The molecule has 0 aromatic carbocycles. The van der Waals surface area contributed by atoms with Crippen molar-refractivity contribution in [2.75, 3.05) is 33.7 Å². The molecular formula is C23H26N4O4S. The average molecular weight is 455 g/mol. The van der Waals surface area contributed by atoms with Gasteiger partial charge in [-0.05, 0) is 29.9 Å². The number of aromatic nitrogens is 1. The Balaban J connectivity index is 1.49. The second-order valence-corrected chi connectivity index (χ2v) is 10.3. The number of rotatable bonds is 4. The van der Waals surface area contributed by atoms with Crippen molar-refractivity contribution in [1.82, 2.24) is 19.3 Å². The minimum atomic E-state index is -1.34. The molecule has 9 heteroatoms. The summed E-state index contributed by atoms with van der Waals surface area (Å²) >= 11 is 1.51. The van der Waals surface area contributed by atoms with Crippen molar-refractivity contribution >= 4 is 29.2 Å². The van der Waals surface area contributed by atoms with E-state index in [1.165, 1.54) is 25.4 Å². The first kappa shape index (κ1) is 21.1. The molecule has 0 N–H and O–H groups in total. The van der Waals surface area contributed by atoms with E-state index in [2.05, 4.69) is 4.90 Å². The lowest BCUT2D eigenvalue weighted by Crippen LogP contribution is -2.67. The van der Waals surface area contributed by atoms with Crippen LogP contribution < -0.4 is 5.56 Å². The third-order valence-corrected chi connectivity index (χ3v) is 7.98. The Hall–Kier alpha value is -2.78. The van der Waals surface area contributed by atoms with E-state index in [0.717, 1.165) is 26.8 Å². The van der Waals surface area contributed by atoms with Crippen molar-refractivity contribution in [1.29, 1.82) is 0 Å². The number of barbiturate groups is 1. The molecule has 4 amide bonds. The number of imide groups is 2. The number of thiophene rings is 1. The van der Waals surface area contributed by atoms with Crippen LogP contribution in [0.5, 0.6) is 0 Å². The van der Waals surface area contributed by atoms with Gasteiger partial charge in [-0.25, -0.2) is 4.79 Å². The van der Waals surface area contributed by atoms with Crippen LogP contribution in [0.4, 0.5) is 4.79 Å². The molecule has 8 nitrogen and oxygen atoms in total. The van der Waals surface area contributed by atoms with E-state index in [0.29, 0.717) is 19.6 Å². The van der Waals surface area contributed by atoms with E-state index in [-0.39, 0.29) is 30.4 Å². The SMILES string of the molecule is CN1C(=O)N(C)C(=O)C(Cc2cccs2)(CN2C[C@@H]3C[C@@H](C2)c2cccc(=O)n2C3)C1=O. The van der Waals surface area contributed by atoms with Gasteiger partial charge in [0.05, 0.1) is 0 Å². The lowest BCUT2D eigenvalue weighted by atomic mass is 9.76. The fraction of sp³-hybridized carbons (Fsp3) is 0.478. The van der Waals surface area contributed by atoms with Gasteiger partial charge in [0, 0.05) is 69.3 Å². The van der Waals surface area contributed by atoms with Gasteiger partial charge in [0.15, 0.2) is 0 Å². The predicted octanol–water partition coefficient (Wildman–Crippen LogP) is 1.61. The van der Waals surface area contributed by atoms with Crippen LogP contribution in [0.2, 0.25) is 0 Å². The number of fused-ring (bicyclic) bond motifs is 4. The number of likely N-dealkylation sites (tertiary alicyclic amines) is 1. The molecule has 32 heavy (non-hydrogen) atoms. The van der Waals surface area contributed by atoms with E-state index in [9.17, 15) is 19.2 Å². The number of urea groups is 1. The van der Waals surface area contributed by atoms with Gasteiger partial charge < -0.3 is 9.47 Å². The minimum Gasteiger partial charge on any atom is -0.312 e. The van der Waals surface area contributed by atoms with E-state index in [4.69, 9.17) is 0 Å². The van der Waals surface area contributed by atoms with Gasteiger partial charge in [0.1, 0.15) is 5.41 Å². The Kier molecular flexibility index (Phi) is 5.05. The first-order valence-corrected chi connectivity index (χ1v) is 11.7. The highest BCUT2D eigenvalue weighted by molar-refractivity contribution is 7.09. The molecule has 2 fully saturated rings. The van der Waals surface area contributed by atoms with Crippen molar-refractivity contribution in [2.24, 2.45) is 11.3 Å². The smallest absolute Gasteiger partial charge is 0.312 e. The van der Waals surface area contributed by atoms with Crippen LogP contribution in [-0.4, -0.2) is 70.8 Å². The zero-order valence-corrected chi connectivity index (χ0v) is 19.0. The predicted molar refractivity (Wildman–Crippen MR) is 119 cm³/mol. The Bertz CT molecular complexity index is 1120. The average Bonchev–Trinajstić information content (AvgIpc) is 3.29. The summed E-state index contributed by atoms with van der Waals surface area (Å²) in [5.41, 5.74) is -0.291. The molecule has 2 saturated heterocycles. The van der Waals surface area contributed by atoms with Gasteiger partial charge >= 0.3 is 6.03 Å². The molecule has 2 bridgehead atoms. The second kappa shape index (κ2) is 7.67. The zero-order valence-electron chi connectivity index (χ0n) is 18.2. The largest absolute Gasteiger partial charge is 0.332 e. The van der Waals surface area contributed by atoms with Crippen molar-refractivity contribution < 1.29 is 14.4 Å². The summed E-state index contributed by atoms with van der Waals surface area (Å²) in [6.07, 6.45) is 1.27. The summed E-state index contributed by atoms with van der Waals surface area (Å²) in [6, 6.07) is 8.65. The summed E-state index contributed by atoms with van der Waals surface area (Å²) in [5, 5.41) is 1.93. The Morgan fingerprint density at radius 1 is 0.969 bits per heavy atom. The van der Waals surface area contributed by atoms with Crippen LogP contribution in [0.3, 0.4) is 0 Å². The molecule has 5 heterocycles. The maximum atomic E-state index is 13.5. The molecule has 0 spiro atoms. The zero-order chi connectivity index (χ0) is 22.6. The van der Waals surface area contributed by atoms with Crippen molar-refractivity contribution in [2.45, 2.75) is 25.3 Å². The summed E-state index contributed by atoms with van der Waals surface area (Å²) in [7, 11) is 2.90. The molecule has 2 atom stereocenters. The second-order valence-electron chi connectivity index (χ2n) is 9.24. The maximum Gasteiger partial charge on any atom is 0.332 e. The first-order chi connectivity index (χ1) is 15.3. The molecule has 3 aliphatic rings. The number of hydrogen-bond acceptors (Lipinski definition) is 6. The Labute approximate surface area is 190 Å². The number of pyridine rings is 1. The van der Waals surface area contributed by atoms with Gasteiger partial charge in [0.2, 0.25) is 11.8 Å². The van der Waals surface area contributed by atoms with Crippen LogP contribution in [0.1, 0.15) is 22.9 Å². The van der Waals surface area contributed by atoms with Crippen LogP contribution in [0.25, 0.3) is 0 Å². The molecule has 3 aliphatic heterocycles. The highest BCUT2D eigenvalue weighted by Crippen LogP contribution is 2.39. The quantitative estimate of drug-likeness (QED) is 0.656. The standard InChI is InChI=1S/C23H26N4O4S/c1-24-20(29)23(10-17-5-4-8-32-17,21(30)25(2)22(24)31)14-26-11-15-9-16(13-26)18-6-3-7-19(28)27(18)12-15/h3-8,15-16H,9-14H2,1-2H3/t15-,16-/m0/s1. The summed E-state index contributed by atoms with van der Waals surface area (Å²) in [4.78, 5) is 57.0. The molecule has 2 aromatic rings. The number of carbonyl (C=O) groups is 3. The monoisotopic (exact) mass is 454 g/mol. The third kappa shape index (κ3) is 3.22. The molecule has 0 unspecified atom stereocenters. The lowest BCUT2D eigenvalue weighted by Gasteiger charge is -2.48. The number of nitrogens with zero attached hydrogens (tertiary/aromatic N) is 4. The van der Waals surface area contributed by atoms with Crippen molar-refractivity contribution in [3.8, 4) is 0 Å². The number of carbonyl (C=O) groups excluding carboxylic acids is 3. The topological polar surface area (TPSA) is 82.9 Å². The van der Waals surface area contributed by atoms with Crippen molar-refractivity contribution in [3.05, 3.63) is 56.6 Å². The normalized spacial score (nSPS) is 25.2. The Morgan fingerprint density at radius 3 is 2.41 bits per heavy atom. The Morgan fingerprint density at radius 2 is 1.72 bits per heavy atom. The fourth-order valence-electron chi connectivity index (χ4n) is 5.69. The van der Waals surface area contributed by atoms with Crippen LogP contribution in [0, 0.1) is 11.3 Å². The van der Waals surface area contributed by atoms with E-state index in [1.807, 2.05) is 28.1 Å². The number of hydrogen-bond donors (Lipinski definition) is 0. The molecular weight excluding hydrogens is 428 g/mol. The van der Waals surface area contributed by atoms with Gasteiger partial charge in [-0.3, -0.25) is 24.2 Å². The van der Waals surface area contributed by atoms with E-state index >= 15 is 0 Å². The highest BCUT2D eigenvalue weighted by atomic mass is 32.1. The minimum absolute atomic E-state index is 0.0270. The summed E-state index contributed by atoms with van der Waals surface area (Å²) in [5.74, 6) is -0.412. The number of amides is 4. The molecule has 0 saturated carbocycles. The lowest BCUT2D eigenvalue weighted by molar-refractivity contribution is -0.159. The van der Waals surface area contributed by atoms with Gasteiger partial charge in [-0.1, -0.05) is 12.1 Å². The molecule has 0 aliphatic carbocycles. The fourth-order valence-corrected chi connectivity index (χ4v) is 6.51. The van der Waals surface area contributed by atoms with Crippen molar-refractivity contribution in [3.63, 3.8) is 0 Å². The number of piperidine rings is 1. The molecule has 5 rings (SSSR count). The van der Waals surface area contributed by atoms with Gasteiger partial charge in [0.25, 0.3) is 5.56 Å². The summed E-state index contributed by atoms with van der Waals surface area (Å²) < 4.78 is 1.87. The van der Waals surface area contributed by atoms with Crippen LogP contribution in [0.15, 0.2) is 40.5 Å². The maximum absolute atomic E-state index is 13.5. The van der Waals surface area contributed by atoms with E-state index < -0.39 is 23.3 Å². The first-order valence-electron chi connectivity index (χ1n) is 10.8. The third-order valence-electron chi connectivity index (χ3n) is 7.11. The van der Waals surface area contributed by atoms with Gasteiger partial charge in [-0.2, -0.15) is 0 Å². The molecule has 0 radical (unpaired) electrons. The van der Waals surface area contributed by atoms with E-state index in [1.54, 1.807) is 12.1 Å². The summed E-state index contributed by atoms with van der Waals surface area (Å²) in [6.45, 7) is 2.30. The van der Waals surface area contributed by atoms with Crippen LogP contribution in [-0.2, 0) is 22.6 Å². The highest BCUT2D eigenvalue weighted by Gasteiger charge is 2.56. The molecule has 168 valence electrons. The van der Waals surface area contributed by atoms with Crippen LogP contribution >= 0.6 is 11.3 Å². The molecule has 2 aromatic heterocycles. The van der Waals surface area contributed by atoms with Gasteiger partial charge in [-0.15, -0.1) is 11.3 Å².